The molecule has 0 saturated heterocycles. The SMILES string of the molecule is C=C.CN(C)P(Cl)Cl.CN(C)P1c2ccccc2CCc2ccccc21.[Li+].[Li+].[c-]1ccccc1CCc1[c-]cccc1. The largest absolute Gasteiger partial charge is 1.00 e. The van der Waals surface area contributed by atoms with E-state index in [0.29, 0.717) is 0 Å². The summed E-state index contributed by atoms with van der Waals surface area (Å²) in [6.07, 6.45) is 4.42. The molecule has 0 N–H and O–H groups in total. The van der Waals surface area contributed by atoms with Crippen LogP contribution in [0.25, 0.3) is 0 Å². The summed E-state index contributed by atoms with van der Waals surface area (Å²) in [6.45, 7) is 5.12. The maximum atomic E-state index is 5.37. The molecule has 4 aromatic rings. The molecule has 0 aromatic heterocycles. The van der Waals surface area contributed by atoms with Gasteiger partial charge in [0, 0.05) is 8.07 Å². The zero-order valence-corrected chi connectivity index (χ0v) is 29.3. The summed E-state index contributed by atoms with van der Waals surface area (Å²) in [7, 11) is 7.72. The van der Waals surface area contributed by atoms with E-state index in [4.69, 9.17) is 22.5 Å². The minimum atomic E-state index is -0.882. The van der Waals surface area contributed by atoms with Crippen molar-refractivity contribution in [3.05, 3.63) is 145 Å². The molecule has 1 aliphatic rings. The van der Waals surface area contributed by atoms with Gasteiger partial charge in [-0.25, -0.2) is 0 Å². The average molecular weight is 623 g/mol. The van der Waals surface area contributed by atoms with E-state index in [1.54, 1.807) is 4.67 Å². The summed E-state index contributed by atoms with van der Waals surface area (Å²) in [5, 5.41) is 3.06. The topological polar surface area (TPSA) is 6.48 Å². The summed E-state index contributed by atoms with van der Waals surface area (Å²) < 4.78 is 4.15. The van der Waals surface area contributed by atoms with E-state index in [2.05, 4.69) is 117 Å². The maximum Gasteiger partial charge on any atom is 1.00 e. The van der Waals surface area contributed by atoms with Crippen molar-refractivity contribution in [3.63, 3.8) is 0 Å². The van der Waals surface area contributed by atoms with E-state index in [1.807, 2.05) is 38.4 Å². The smallest absolute Gasteiger partial charge is 0.281 e. The first-order chi connectivity index (χ1) is 19.4. The second kappa shape index (κ2) is 23.5. The van der Waals surface area contributed by atoms with Crippen LogP contribution in [0, 0.1) is 12.1 Å². The molecule has 2 nitrogen and oxygen atoms in total. The van der Waals surface area contributed by atoms with Gasteiger partial charge >= 0.3 is 37.7 Å². The molecule has 0 bridgehead atoms. The van der Waals surface area contributed by atoms with Crippen LogP contribution in [0.2, 0.25) is 0 Å². The third kappa shape index (κ3) is 14.3. The predicted molar refractivity (Wildman–Crippen MR) is 182 cm³/mol. The van der Waals surface area contributed by atoms with Gasteiger partial charge in [0.25, 0.3) is 0 Å². The first-order valence-electron chi connectivity index (χ1n) is 13.2. The molecule has 0 unspecified atom stereocenters. The summed E-state index contributed by atoms with van der Waals surface area (Å²) in [4.78, 5) is 0. The number of hydrogen-bond acceptors (Lipinski definition) is 2. The van der Waals surface area contributed by atoms with Crippen LogP contribution in [0.15, 0.2) is 110 Å². The number of fused-ring (bicyclic) bond motifs is 2. The zero-order chi connectivity index (χ0) is 29.3. The van der Waals surface area contributed by atoms with Crippen molar-refractivity contribution in [2.75, 3.05) is 28.2 Å². The summed E-state index contributed by atoms with van der Waals surface area (Å²) in [6, 6.07) is 40.6. The van der Waals surface area contributed by atoms with E-state index in [0.717, 1.165) is 12.8 Å². The Labute approximate surface area is 291 Å². The van der Waals surface area contributed by atoms with Gasteiger partial charge < -0.3 is 0 Å². The van der Waals surface area contributed by atoms with Crippen molar-refractivity contribution in [2.24, 2.45) is 0 Å². The Morgan fingerprint density at radius 1 is 0.667 bits per heavy atom. The first-order valence-corrected chi connectivity index (χ1v) is 17.6. The minimum absolute atomic E-state index is 0. The third-order valence-corrected chi connectivity index (χ3v) is 11.0. The molecule has 0 fully saturated rings. The molecule has 0 aliphatic carbocycles. The summed E-state index contributed by atoms with van der Waals surface area (Å²) in [5.74, 6) is 0. The molecule has 1 heterocycles. The quantitative estimate of drug-likeness (QED) is 0.146. The number of benzene rings is 4. The molecular weight excluding hydrogens is 583 g/mol. The van der Waals surface area contributed by atoms with E-state index in [1.165, 1.54) is 45.7 Å². The minimum Gasteiger partial charge on any atom is -0.281 e. The van der Waals surface area contributed by atoms with Crippen LogP contribution in [0.4, 0.5) is 0 Å². The Hall–Kier alpha value is -0.825. The Balaban J connectivity index is 0.000000629. The molecule has 212 valence electrons. The van der Waals surface area contributed by atoms with E-state index < -0.39 is 6.78 Å². The van der Waals surface area contributed by atoms with E-state index >= 15 is 0 Å². The number of hydrogen-bond donors (Lipinski definition) is 0. The Morgan fingerprint density at radius 3 is 1.33 bits per heavy atom. The molecular formula is C34H40Cl2Li2N2P2. The molecule has 0 atom stereocenters. The molecule has 42 heavy (non-hydrogen) atoms. The third-order valence-electron chi connectivity index (χ3n) is 6.02. The monoisotopic (exact) mass is 622 g/mol. The van der Waals surface area contributed by atoms with Crippen molar-refractivity contribution in [3.8, 4) is 0 Å². The summed E-state index contributed by atoms with van der Waals surface area (Å²) >= 11 is 10.7. The molecule has 5 rings (SSSR count). The molecule has 1 aliphatic heterocycles. The van der Waals surface area contributed by atoms with E-state index in [9.17, 15) is 0 Å². The van der Waals surface area contributed by atoms with Crippen molar-refractivity contribution in [2.45, 2.75) is 25.7 Å². The fourth-order valence-corrected chi connectivity index (χ4v) is 6.62. The maximum absolute atomic E-state index is 5.37. The second-order valence-electron chi connectivity index (χ2n) is 9.25. The van der Waals surface area contributed by atoms with Crippen molar-refractivity contribution < 1.29 is 37.7 Å². The Morgan fingerprint density at radius 2 is 1.02 bits per heavy atom. The van der Waals surface area contributed by atoms with Crippen molar-refractivity contribution in [1.29, 1.82) is 0 Å². The molecule has 0 spiro atoms. The van der Waals surface area contributed by atoms with Crippen molar-refractivity contribution in [1.82, 2.24) is 9.34 Å². The average Bonchev–Trinajstić information content (AvgIpc) is 3.16. The van der Waals surface area contributed by atoms with Gasteiger partial charge in [0.1, 0.15) is 0 Å². The fraction of sp³-hybridized carbons (Fsp3) is 0.235. The van der Waals surface area contributed by atoms with Gasteiger partial charge in [0.15, 0.2) is 6.78 Å². The number of aryl methyl sites for hydroxylation is 4. The zero-order valence-electron chi connectivity index (χ0n) is 26.0. The van der Waals surface area contributed by atoms with E-state index in [-0.39, 0.29) is 45.8 Å². The second-order valence-corrected chi connectivity index (χ2v) is 15.3. The van der Waals surface area contributed by atoms with Crippen LogP contribution in [0.1, 0.15) is 22.3 Å². The fourth-order valence-electron chi connectivity index (χ4n) is 4.13. The van der Waals surface area contributed by atoms with Gasteiger partial charge in [0.2, 0.25) is 0 Å². The first kappa shape index (κ1) is 41.2. The van der Waals surface area contributed by atoms with Crippen LogP contribution in [-0.4, -0.2) is 37.5 Å². The molecule has 4 aromatic carbocycles. The number of nitrogens with zero attached hydrogens (tertiary/aromatic N) is 2. The molecule has 0 radical (unpaired) electrons. The van der Waals surface area contributed by atoms with Gasteiger partial charge in [-0.15, -0.1) is 13.2 Å². The van der Waals surface area contributed by atoms with Gasteiger partial charge in [-0.1, -0.05) is 71.0 Å². The van der Waals surface area contributed by atoms with Gasteiger partial charge in [-0.05, 0) is 75.6 Å². The van der Waals surface area contributed by atoms with Gasteiger partial charge in [-0.3, -0.25) is 9.34 Å². The molecule has 0 saturated carbocycles. The van der Waals surface area contributed by atoms with Crippen LogP contribution >= 0.6 is 37.3 Å². The van der Waals surface area contributed by atoms with Crippen LogP contribution in [-0.2, 0) is 25.7 Å². The predicted octanol–water partition coefficient (Wildman–Crippen LogP) is 2.83. The number of rotatable bonds is 5. The normalized spacial score (nSPS) is 11.5. The van der Waals surface area contributed by atoms with Gasteiger partial charge in [0.05, 0.1) is 0 Å². The molecule has 8 heteroatoms. The van der Waals surface area contributed by atoms with Gasteiger partial charge in [-0.2, -0.15) is 71.8 Å². The summed E-state index contributed by atoms with van der Waals surface area (Å²) in [5.41, 5.74) is 5.58. The van der Waals surface area contributed by atoms with Crippen molar-refractivity contribution >= 4 is 47.9 Å². The standard InChI is InChI=1S/C16H18NP.C14H12.C2H6Cl2NP.C2H4.2Li/c1-17(2)18-15-9-5-3-7-13(15)11-12-14-8-4-6-10-16(14)18;1-3-7-13(8-4-1)11-12-14-9-5-2-6-10-14;1-5(2)6(3)4;1-2;;/h3-10H,11-12H2,1-2H3;1-7,9H,11-12H2;1-2H3;1-2H2;;/q;-2;;;2*+1. The van der Waals surface area contributed by atoms with Crippen LogP contribution < -0.4 is 48.3 Å². The van der Waals surface area contributed by atoms with Crippen LogP contribution in [0.5, 0.6) is 0 Å². The Bertz CT molecular complexity index is 1150. The Kier molecular flexibility index (Phi) is 23.1. The molecule has 0 amide bonds. The van der Waals surface area contributed by atoms with Crippen LogP contribution in [0.3, 0.4) is 0 Å². The number of halogens is 2.